The lowest BCUT2D eigenvalue weighted by Gasteiger charge is -2.10. The van der Waals surface area contributed by atoms with E-state index in [9.17, 15) is 19.5 Å². The van der Waals surface area contributed by atoms with Gasteiger partial charge in [0, 0.05) is 18.1 Å². The van der Waals surface area contributed by atoms with Crippen LogP contribution in [0.5, 0.6) is 0 Å². The Balaban J connectivity index is 2.64. The monoisotopic (exact) mass is 341 g/mol. The summed E-state index contributed by atoms with van der Waals surface area (Å²) < 4.78 is 0. The number of hydrogen-bond acceptors (Lipinski definition) is 5. The fourth-order valence-electron chi connectivity index (χ4n) is 1.58. The molecule has 6 N–H and O–H groups in total. The average Bonchev–Trinajstić information content (AvgIpc) is 2.46. The number of nitrogens with one attached hydrogen (secondary N) is 2. The summed E-state index contributed by atoms with van der Waals surface area (Å²) in [6, 6.07) is 6.64. The molecule has 0 saturated heterocycles. The maximum Gasteiger partial charge on any atom is 0.305 e. The molecule has 0 aliphatic carbocycles. The van der Waals surface area contributed by atoms with Crippen LogP contribution in [0.2, 0.25) is 5.02 Å². The first-order valence-corrected chi connectivity index (χ1v) is 6.90. The molecule has 1 aromatic carbocycles. The van der Waals surface area contributed by atoms with Gasteiger partial charge in [-0.3, -0.25) is 14.4 Å². The van der Waals surface area contributed by atoms with Crippen molar-refractivity contribution in [1.82, 2.24) is 10.6 Å². The van der Waals surface area contributed by atoms with Crippen molar-refractivity contribution < 1.29 is 24.6 Å². The van der Waals surface area contributed by atoms with Crippen LogP contribution in [0, 0.1) is 0 Å². The van der Waals surface area contributed by atoms with Gasteiger partial charge in [-0.05, 0) is 17.7 Å². The molecule has 0 spiro atoms. The summed E-state index contributed by atoms with van der Waals surface area (Å²) in [5.41, 5.74) is 5.19. The van der Waals surface area contributed by atoms with E-state index in [-0.39, 0.29) is 19.5 Å². The Labute approximate surface area is 136 Å². The molecule has 1 rings (SSSR count). The summed E-state index contributed by atoms with van der Waals surface area (Å²) in [5, 5.41) is 22.9. The lowest BCUT2D eigenvalue weighted by molar-refractivity contribution is -0.136. The smallest absolute Gasteiger partial charge is 0.305 e. The van der Waals surface area contributed by atoms with E-state index in [1.165, 1.54) is 0 Å². The summed E-state index contributed by atoms with van der Waals surface area (Å²) in [6.07, 6.45) is -0.323. The number of carbonyl (C=O) groups is 3. The Kier molecular flexibility index (Phi) is 6.88. The molecule has 0 unspecified atom stereocenters. The standard InChI is InChI=1S/C14H16ClN3O5/c15-9-3-1-8(2-4-9)7-18-14(23)11(12(16)21)13(22)17-6-5-10(19)20/h1-4,21H,5-7,16H2,(H,17,22)(H,18,23)(H,19,20)/b12-11+. The molecule has 23 heavy (non-hydrogen) atoms. The molecule has 2 amide bonds. The Hall–Kier alpha value is -2.74. The highest BCUT2D eigenvalue weighted by atomic mass is 35.5. The van der Waals surface area contributed by atoms with Gasteiger partial charge in [0.15, 0.2) is 11.5 Å². The number of aliphatic carboxylic acids is 1. The molecule has 1 aromatic rings. The maximum absolute atomic E-state index is 12.0. The minimum Gasteiger partial charge on any atom is -0.494 e. The van der Waals surface area contributed by atoms with Gasteiger partial charge >= 0.3 is 5.97 Å². The van der Waals surface area contributed by atoms with Crippen molar-refractivity contribution in [3.05, 3.63) is 46.3 Å². The predicted molar refractivity (Wildman–Crippen MR) is 82.4 cm³/mol. The Bertz CT molecular complexity index is 624. The Morgan fingerprint density at radius 1 is 1.04 bits per heavy atom. The van der Waals surface area contributed by atoms with Crippen molar-refractivity contribution in [2.24, 2.45) is 5.73 Å². The number of carboxylic acids is 1. The average molecular weight is 342 g/mol. The van der Waals surface area contributed by atoms with E-state index in [2.05, 4.69) is 10.6 Å². The molecular weight excluding hydrogens is 326 g/mol. The number of aliphatic hydroxyl groups excluding tert-OH is 1. The summed E-state index contributed by atoms with van der Waals surface area (Å²) in [6.45, 7) is -0.107. The maximum atomic E-state index is 12.0. The van der Waals surface area contributed by atoms with Crippen LogP contribution in [0.15, 0.2) is 35.7 Å². The second-order valence-corrected chi connectivity index (χ2v) is 4.91. The normalized spacial score (nSPS) is 11.3. The topological polar surface area (TPSA) is 142 Å². The number of amides is 2. The molecule has 124 valence electrons. The molecule has 9 heteroatoms. The number of nitrogens with two attached hydrogens (primary N) is 1. The van der Waals surface area contributed by atoms with Crippen molar-refractivity contribution in [1.29, 1.82) is 0 Å². The third-order valence-electron chi connectivity index (χ3n) is 2.70. The van der Waals surface area contributed by atoms with Crippen molar-refractivity contribution >= 4 is 29.4 Å². The highest BCUT2D eigenvalue weighted by Gasteiger charge is 2.22. The minimum atomic E-state index is -1.11. The predicted octanol–water partition coefficient (Wildman–Crippen LogP) is 0.275. The van der Waals surface area contributed by atoms with E-state index in [4.69, 9.17) is 22.4 Å². The summed E-state index contributed by atoms with van der Waals surface area (Å²) >= 11 is 5.74. The number of carboxylic acid groups (broad SMARTS) is 1. The van der Waals surface area contributed by atoms with Gasteiger partial charge in [0.2, 0.25) is 0 Å². The van der Waals surface area contributed by atoms with Gasteiger partial charge in [-0.15, -0.1) is 0 Å². The Morgan fingerprint density at radius 2 is 1.61 bits per heavy atom. The summed E-state index contributed by atoms with van der Waals surface area (Å²) in [5.74, 6) is -3.90. The zero-order valence-electron chi connectivity index (χ0n) is 12.0. The molecule has 0 bridgehead atoms. The molecule has 0 aliphatic rings. The van der Waals surface area contributed by atoms with E-state index in [0.29, 0.717) is 5.02 Å². The molecule has 8 nitrogen and oxygen atoms in total. The van der Waals surface area contributed by atoms with Crippen LogP contribution in [-0.4, -0.2) is 34.5 Å². The molecule has 0 aliphatic heterocycles. The van der Waals surface area contributed by atoms with E-state index in [0.717, 1.165) is 5.56 Å². The molecule has 0 heterocycles. The van der Waals surface area contributed by atoms with Crippen LogP contribution >= 0.6 is 11.6 Å². The largest absolute Gasteiger partial charge is 0.494 e. The minimum absolute atomic E-state index is 0.0924. The van der Waals surface area contributed by atoms with Crippen molar-refractivity contribution in [2.75, 3.05) is 6.54 Å². The number of hydrogen-bond donors (Lipinski definition) is 5. The van der Waals surface area contributed by atoms with Gasteiger partial charge in [0.25, 0.3) is 11.8 Å². The zero-order chi connectivity index (χ0) is 17.4. The molecular formula is C14H16ClN3O5. The first kappa shape index (κ1) is 18.3. The summed E-state index contributed by atoms with van der Waals surface area (Å²) in [4.78, 5) is 34.1. The van der Waals surface area contributed by atoms with Gasteiger partial charge in [0.05, 0.1) is 6.42 Å². The second-order valence-electron chi connectivity index (χ2n) is 4.47. The number of halogens is 1. The molecule has 0 saturated carbocycles. The highest BCUT2D eigenvalue weighted by Crippen LogP contribution is 2.09. The van der Waals surface area contributed by atoms with Crippen LogP contribution in [-0.2, 0) is 20.9 Å². The van der Waals surface area contributed by atoms with Crippen LogP contribution < -0.4 is 16.4 Å². The van der Waals surface area contributed by atoms with Crippen LogP contribution in [0.3, 0.4) is 0 Å². The SMILES string of the molecule is N/C(O)=C(/C(=O)NCCC(=O)O)C(=O)NCc1ccc(Cl)cc1. The number of benzene rings is 1. The summed E-state index contributed by atoms with van der Waals surface area (Å²) in [7, 11) is 0. The van der Waals surface area contributed by atoms with Crippen LogP contribution in [0.25, 0.3) is 0 Å². The first-order chi connectivity index (χ1) is 10.8. The van der Waals surface area contributed by atoms with Gasteiger partial charge in [-0.25, -0.2) is 0 Å². The second kappa shape index (κ2) is 8.64. The molecule has 0 fully saturated rings. The van der Waals surface area contributed by atoms with E-state index in [1.54, 1.807) is 24.3 Å². The quantitative estimate of drug-likeness (QED) is 0.209. The lowest BCUT2D eigenvalue weighted by atomic mass is 10.2. The number of aliphatic hydroxyl groups is 1. The van der Waals surface area contributed by atoms with Crippen molar-refractivity contribution in [2.45, 2.75) is 13.0 Å². The fraction of sp³-hybridized carbons (Fsp3) is 0.214. The fourth-order valence-corrected chi connectivity index (χ4v) is 1.71. The zero-order valence-corrected chi connectivity index (χ0v) is 12.8. The molecule has 0 aromatic heterocycles. The molecule has 0 atom stereocenters. The number of carbonyl (C=O) groups excluding carboxylic acids is 2. The van der Waals surface area contributed by atoms with Gasteiger partial charge < -0.3 is 26.6 Å². The third-order valence-corrected chi connectivity index (χ3v) is 2.95. The molecule has 0 radical (unpaired) electrons. The first-order valence-electron chi connectivity index (χ1n) is 6.52. The number of rotatable bonds is 7. The van der Waals surface area contributed by atoms with Crippen molar-refractivity contribution in [3.63, 3.8) is 0 Å². The van der Waals surface area contributed by atoms with Gasteiger partial charge in [0.1, 0.15) is 0 Å². The van der Waals surface area contributed by atoms with Crippen LogP contribution in [0.4, 0.5) is 0 Å². The van der Waals surface area contributed by atoms with E-state index in [1.807, 2.05) is 0 Å². The van der Waals surface area contributed by atoms with Gasteiger partial charge in [-0.1, -0.05) is 23.7 Å². The third kappa shape index (κ3) is 6.27. The van der Waals surface area contributed by atoms with Crippen molar-refractivity contribution in [3.8, 4) is 0 Å². The Morgan fingerprint density at radius 3 is 2.13 bits per heavy atom. The van der Waals surface area contributed by atoms with E-state index < -0.39 is 29.2 Å². The van der Waals surface area contributed by atoms with Crippen LogP contribution in [0.1, 0.15) is 12.0 Å². The lowest BCUT2D eigenvalue weighted by Crippen LogP contribution is -2.37. The highest BCUT2D eigenvalue weighted by molar-refractivity contribution is 6.30. The van der Waals surface area contributed by atoms with E-state index >= 15 is 0 Å². The van der Waals surface area contributed by atoms with Gasteiger partial charge in [-0.2, -0.15) is 0 Å².